The minimum Gasteiger partial charge on any atom is -0.309 e. The molecule has 132 valence electrons. The summed E-state index contributed by atoms with van der Waals surface area (Å²) in [5, 5.41) is 3.23. The molecule has 0 fully saturated rings. The van der Waals surface area contributed by atoms with Crippen molar-refractivity contribution in [3.63, 3.8) is 0 Å². The molecule has 0 spiro atoms. The molecule has 0 bridgehead atoms. The van der Waals surface area contributed by atoms with Crippen LogP contribution >= 0.6 is 11.6 Å². The molecular formula is C24H24ClN. The van der Waals surface area contributed by atoms with Gasteiger partial charge in [0, 0.05) is 21.5 Å². The van der Waals surface area contributed by atoms with E-state index in [1.165, 1.54) is 65.2 Å². The molecule has 3 aromatic carbocycles. The molecule has 4 rings (SSSR count). The fourth-order valence-electron chi connectivity index (χ4n) is 3.79. The Kier molecular flexibility index (Phi) is 4.99. The van der Waals surface area contributed by atoms with E-state index in [2.05, 4.69) is 72.2 Å². The fraction of sp³-hybridized carbons (Fsp3) is 0.250. The summed E-state index contributed by atoms with van der Waals surface area (Å²) in [5.41, 5.74) is 5.05. The largest absolute Gasteiger partial charge is 0.309 e. The van der Waals surface area contributed by atoms with E-state index < -0.39 is 0 Å². The lowest BCUT2D eigenvalue weighted by atomic mass is 10.1. The first-order valence-corrected chi connectivity index (χ1v) is 9.94. The second-order valence-corrected chi connectivity index (χ2v) is 7.43. The molecule has 0 radical (unpaired) electrons. The molecule has 0 unspecified atom stereocenters. The van der Waals surface area contributed by atoms with Gasteiger partial charge in [-0.1, -0.05) is 68.1 Å². The van der Waals surface area contributed by atoms with Crippen molar-refractivity contribution in [2.45, 2.75) is 39.0 Å². The Morgan fingerprint density at radius 2 is 1.54 bits per heavy atom. The minimum atomic E-state index is 0.780. The van der Waals surface area contributed by atoms with Crippen molar-refractivity contribution in [3.8, 4) is 5.69 Å². The van der Waals surface area contributed by atoms with Crippen molar-refractivity contribution in [1.82, 2.24) is 4.57 Å². The second-order valence-electron chi connectivity index (χ2n) is 6.99. The number of rotatable bonds is 6. The van der Waals surface area contributed by atoms with Crippen LogP contribution in [0.2, 0.25) is 5.02 Å². The van der Waals surface area contributed by atoms with Crippen LogP contribution in [-0.4, -0.2) is 4.57 Å². The van der Waals surface area contributed by atoms with Crippen LogP contribution < -0.4 is 0 Å². The lowest BCUT2D eigenvalue weighted by Crippen LogP contribution is -1.94. The second kappa shape index (κ2) is 7.55. The normalized spacial score (nSPS) is 11.5. The predicted molar refractivity (Wildman–Crippen MR) is 114 cm³/mol. The van der Waals surface area contributed by atoms with E-state index in [1.807, 2.05) is 6.07 Å². The lowest BCUT2D eigenvalue weighted by Gasteiger charge is -2.09. The van der Waals surface area contributed by atoms with E-state index in [0.29, 0.717) is 0 Å². The summed E-state index contributed by atoms with van der Waals surface area (Å²) in [7, 11) is 0. The fourth-order valence-corrected chi connectivity index (χ4v) is 3.96. The topological polar surface area (TPSA) is 4.93 Å². The molecule has 0 aliphatic heterocycles. The van der Waals surface area contributed by atoms with E-state index in [1.54, 1.807) is 0 Å². The van der Waals surface area contributed by atoms with Crippen LogP contribution in [0.1, 0.15) is 38.2 Å². The van der Waals surface area contributed by atoms with Gasteiger partial charge in [-0.15, -0.1) is 0 Å². The zero-order valence-corrected chi connectivity index (χ0v) is 16.0. The number of nitrogens with zero attached hydrogens (tertiary/aromatic N) is 1. The average Bonchev–Trinajstić information content (AvgIpc) is 3.00. The standard InChI is InChI=1S/C24H24ClN/c1-2-3-4-5-8-18-11-14-20(15-12-18)26-23-10-7-6-9-21(23)22-17-19(25)13-16-24(22)26/h6-7,9-17H,2-5,8H2,1H3. The third-order valence-corrected chi connectivity index (χ3v) is 5.38. The maximum atomic E-state index is 6.26. The Labute approximate surface area is 160 Å². The van der Waals surface area contributed by atoms with Gasteiger partial charge in [-0.25, -0.2) is 0 Å². The van der Waals surface area contributed by atoms with Crippen LogP contribution in [0.25, 0.3) is 27.5 Å². The monoisotopic (exact) mass is 361 g/mol. The van der Waals surface area contributed by atoms with Gasteiger partial charge in [0.05, 0.1) is 11.0 Å². The summed E-state index contributed by atoms with van der Waals surface area (Å²) in [4.78, 5) is 0. The Balaban J connectivity index is 1.74. The molecule has 0 aliphatic rings. The summed E-state index contributed by atoms with van der Waals surface area (Å²) in [6.45, 7) is 2.26. The Bertz CT molecular complexity index is 1030. The van der Waals surface area contributed by atoms with Crippen LogP contribution in [0.3, 0.4) is 0 Å². The molecule has 0 saturated carbocycles. The summed E-state index contributed by atoms with van der Waals surface area (Å²) in [6.07, 6.45) is 6.40. The average molecular weight is 362 g/mol. The van der Waals surface area contributed by atoms with Gasteiger partial charge in [-0.2, -0.15) is 0 Å². The maximum Gasteiger partial charge on any atom is 0.0542 e. The molecule has 0 N–H and O–H groups in total. The van der Waals surface area contributed by atoms with Gasteiger partial charge < -0.3 is 4.57 Å². The van der Waals surface area contributed by atoms with Crippen LogP contribution in [0.5, 0.6) is 0 Å². The van der Waals surface area contributed by atoms with Crippen molar-refractivity contribution < 1.29 is 0 Å². The molecule has 2 heteroatoms. The van der Waals surface area contributed by atoms with Crippen molar-refractivity contribution in [3.05, 3.63) is 77.3 Å². The maximum absolute atomic E-state index is 6.26. The van der Waals surface area contributed by atoms with Crippen LogP contribution in [-0.2, 0) is 6.42 Å². The number of para-hydroxylation sites is 1. The molecule has 0 atom stereocenters. The highest BCUT2D eigenvalue weighted by Gasteiger charge is 2.12. The van der Waals surface area contributed by atoms with E-state index in [0.717, 1.165) is 5.02 Å². The summed E-state index contributed by atoms with van der Waals surface area (Å²) in [6, 6.07) is 23.7. The molecular weight excluding hydrogens is 338 g/mol. The number of hydrogen-bond donors (Lipinski definition) is 0. The number of aryl methyl sites for hydroxylation is 1. The first-order chi connectivity index (χ1) is 12.8. The van der Waals surface area contributed by atoms with Gasteiger partial charge in [0.2, 0.25) is 0 Å². The Morgan fingerprint density at radius 1 is 0.769 bits per heavy atom. The molecule has 0 aliphatic carbocycles. The van der Waals surface area contributed by atoms with Gasteiger partial charge in [-0.3, -0.25) is 0 Å². The van der Waals surface area contributed by atoms with Gasteiger partial charge in [-0.05, 0) is 54.8 Å². The molecule has 0 saturated heterocycles. The summed E-state index contributed by atoms with van der Waals surface area (Å²) in [5.74, 6) is 0. The zero-order valence-electron chi connectivity index (χ0n) is 15.2. The third kappa shape index (κ3) is 3.24. The third-order valence-electron chi connectivity index (χ3n) is 5.15. The molecule has 1 nitrogen and oxygen atoms in total. The predicted octanol–water partition coefficient (Wildman–Crippen LogP) is 7.56. The van der Waals surface area contributed by atoms with Crippen molar-refractivity contribution in [2.75, 3.05) is 0 Å². The molecule has 1 aromatic heterocycles. The number of aromatic nitrogens is 1. The highest BCUT2D eigenvalue weighted by molar-refractivity contribution is 6.32. The minimum absolute atomic E-state index is 0.780. The molecule has 0 amide bonds. The lowest BCUT2D eigenvalue weighted by molar-refractivity contribution is 0.667. The first-order valence-electron chi connectivity index (χ1n) is 9.56. The SMILES string of the molecule is CCCCCCc1ccc(-n2c3ccccc3c3cc(Cl)ccc32)cc1. The van der Waals surface area contributed by atoms with Crippen molar-refractivity contribution in [1.29, 1.82) is 0 Å². The summed E-state index contributed by atoms with van der Waals surface area (Å²) >= 11 is 6.26. The molecule has 4 aromatic rings. The van der Waals surface area contributed by atoms with E-state index in [9.17, 15) is 0 Å². The number of halogens is 1. The smallest absolute Gasteiger partial charge is 0.0542 e. The van der Waals surface area contributed by atoms with E-state index in [-0.39, 0.29) is 0 Å². The highest BCUT2D eigenvalue weighted by Crippen LogP contribution is 2.33. The highest BCUT2D eigenvalue weighted by atomic mass is 35.5. The van der Waals surface area contributed by atoms with Crippen LogP contribution in [0.4, 0.5) is 0 Å². The number of fused-ring (bicyclic) bond motifs is 3. The van der Waals surface area contributed by atoms with E-state index in [4.69, 9.17) is 11.6 Å². The van der Waals surface area contributed by atoms with Crippen molar-refractivity contribution in [2.24, 2.45) is 0 Å². The van der Waals surface area contributed by atoms with Gasteiger partial charge in [0.1, 0.15) is 0 Å². The molecule has 1 heterocycles. The van der Waals surface area contributed by atoms with Crippen molar-refractivity contribution >= 4 is 33.4 Å². The number of unbranched alkanes of at least 4 members (excludes halogenated alkanes) is 3. The van der Waals surface area contributed by atoms with Crippen LogP contribution in [0, 0.1) is 0 Å². The number of hydrogen-bond acceptors (Lipinski definition) is 0. The van der Waals surface area contributed by atoms with Gasteiger partial charge >= 0.3 is 0 Å². The Hall–Kier alpha value is -2.25. The molecule has 26 heavy (non-hydrogen) atoms. The Morgan fingerprint density at radius 3 is 2.35 bits per heavy atom. The van der Waals surface area contributed by atoms with Gasteiger partial charge in [0.25, 0.3) is 0 Å². The van der Waals surface area contributed by atoms with E-state index >= 15 is 0 Å². The number of benzene rings is 3. The van der Waals surface area contributed by atoms with Crippen LogP contribution in [0.15, 0.2) is 66.7 Å². The zero-order chi connectivity index (χ0) is 17.9. The summed E-state index contributed by atoms with van der Waals surface area (Å²) < 4.78 is 2.34. The quantitative estimate of drug-likeness (QED) is 0.312. The first kappa shape index (κ1) is 17.2. The van der Waals surface area contributed by atoms with Gasteiger partial charge in [0.15, 0.2) is 0 Å².